The first-order valence-corrected chi connectivity index (χ1v) is 4.35. The van der Waals surface area contributed by atoms with Crippen LogP contribution in [0.15, 0.2) is 12.1 Å². The molecule has 1 aromatic rings. The Morgan fingerprint density at radius 3 is 2.40 bits per heavy atom. The molecule has 1 aromatic carbocycles. The van der Waals surface area contributed by atoms with Crippen LogP contribution in [0.4, 0.5) is 13.2 Å². The van der Waals surface area contributed by atoms with E-state index in [-0.39, 0.29) is 17.7 Å². The van der Waals surface area contributed by atoms with E-state index in [4.69, 9.17) is 5.90 Å². The van der Waals surface area contributed by atoms with Crippen molar-refractivity contribution < 1.29 is 18.0 Å². The second kappa shape index (κ2) is 4.20. The molecule has 0 aliphatic heterocycles. The first-order chi connectivity index (χ1) is 6.86. The van der Waals surface area contributed by atoms with Crippen molar-refractivity contribution in [2.24, 2.45) is 5.90 Å². The summed E-state index contributed by atoms with van der Waals surface area (Å²) in [5.41, 5.74) is -1.79. The van der Waals surface area contributed by atoms with E-state index >= 15 is 0 Å². The zero-order chi connectivity index (χ0) is 11.6. The highest BCUT2D eigenvalue weighted by atomic mass is 19.2. The number of nitrogens with two attached hydrogens (primary N) is 1. The second-order valence-electron chi connectivity index (χ2n) is 3.71. The molecule has 0 atom stereocenters. The van der Waals surface area contributed by atoms with Crippen LogP contribution >= 0.6 is 0 Å². The molecule has 0 aromatic heterocycles. The van der Waals surface area contributed by atoms with Crippen LogP contribution in [-0.4, -0.2) is 0 Å². The molecule has 0 aliphatic rings. The van der Waals surface area contributed by atoms with Gasteiger partial charge >= 0.3 is 0 Å². The van der Waals surface area contributed by atoms with Gasteiger partial charge in [0.25, 0.3) is 0 Å². The first kappa shape index (κ1) is 12.0. The maximum Gasteiger partial charge on any atom is 0.164 e. The highest BCUT2D eigenvalue weighted by Crippen LogP contribution is 2.27. The van der Waals surface area contributed by atoms with Gasteiger partial charge in [0.05, 0.1) is 6.61 Å². The lowest BCUT2D eigenvalue weighted by Gasteiger charge is -2.16. The molecule has 0 aliphatic carbocycles. The monoisotopic (exact) mass is 219 g/mol. The Balaban J connectivity index is 3.23. The molecule has 2 nitrogen and oxygen atoms in total. The van der Waals surface area contributed by atoms with Crippen molar-refractivity contribution in [1.82, 2.24) is 0 Å². The van der Waals surface area contributed by atoms with Gasteiger partial charge in [0.2, 0.25) is 0 Å². The minimum atomic E-state index is -1.74. The first-order valence-electron chi connectivity index (χ1n) is 4.35. The fourth-order valence-corrected chi connectivity index (χ4v) is 1.18. The SMILES string of the molecule is CC(C)(F)c1cc(F)c(F)c(CON)c1. The quantitative estimate of drug-likeness (QED) is 0.793. The lowest BCUT2D eigenvalue weighted by atomic mass is 9.98. The molecular weight excluding hydrogens is 207 g/mol. The van der Waals surface area contributed by atoms with Crippen LogP contribution in [-0.2, 0) is 17.1 Å². The number of alkyl halides is 1. The van der Waals surface area contributed by atoms with Gasteiger partial charge in [0.15, 0.2) is 11.6 Å². The summed E-state index contributed by atoms with van der Waals surface area (Å²) in [6.45, 7) is 2.21. The van der Waals surface area contributed by atoms with Gasteiger partial charge in [-0.2, -0.15) is 0 Å². The Labute approximate surface area is 85.8 Å². The summed E-state index contributed by atoms with van der Waals surface area (Å²) < 4.78 is 39.7. The van der Waals surface area contributed by atoms with Crippen molar-refractivity contribution in [2.45, 2.75) is 26.1 Å². The molecular formula is C10H12F3NO. The lowest BCUT2D eigenvalue weighted by Crippen LogP contribution is -2.12. The van der Waals surface area contributed by atoms with Crippen molar-refractivity contribution >= 4 is 0 Å². The van der Waals surface area contributed by atoms with Crippen LogP contribution in [0.2, 0.25) is 0 Å². The van der Waals surface area contributed by atoms with E-state index in [2.05, 4.69) is 4.84 Å². The van der Waals surface area contributed by atoms with Gasteiger partial charge in [-0.1, -0.05) is 0 Å². The van der Waals surface area contributed by atoms with E-state index in [9.17, 15) is 13.2 Å². The van der Waals surface area contributed by atoms with Crippen LogP contribution in [0.3, 0.4) is 0 Å². The highest BCUT2D eigenvalue weighted by Gasteiger charge is 2.22. The van der Waals surface area contributed by atoms with Crippen molar-refractivity contribution in [3.63, 3.8) is 0 Å². The van der Waals surface area contributed by atoms with E-state index in [0.29, 0.717) is 0 Å². The molecule has 0 bridgehead atoms. The number of hydrogen-bond donors (Lipinski definition) is 1. The standard InChI is InChI=1S/C10H12F3NO/c1-10(2,13)7-3-6(5-15-14)9(12)8(11)4-7/h3-4H,5,14H2,1-2H3. The van der Waals surface area contributed by atoms with Crippen LogP contribution < -0.4 is 5.90 Å². The van der Waals surface area contributed by atoms with Crippen molar-refractivity contribution in [2.75, 3.05) is 0 Å². The number of rotatable bonds is 3. The van der Waals surface area contributed by atoms with Crippen LogP contribution in [0, 0.1) is 11.6 Å². The van der Waals surface area contributed by atoms with E-state index in [1.165, 1.54) is 19.9 Å². The fourth-order valence-electron chi connectivity index (χ4n) is 1.18. The predicted octanol–water partition coefficient (Wildman–Crippen LogP) is 2.56. The normalized spacial score (nSPS) is 11.9. The predicted molar refractivity (Wildman–Crippen MR) is 49.5 cm³/mol. The third-order valence-corrected chi connectivity index (χ3v) is 2.03. The minimum absolute atomic E-state index is 0.0495. The van der Waals surface area contributed by atoms with Gasteiger partial charge in [0, 0.05) is 5.56 Å². The Morgan fingerprint density at radius 1 is 1.33 bits per heavy atom. The molecule has 0 heterocycles. The lowest BCUT2D eigenvalue weighted by molar-refractivity contribution is 0.120. The minimum Gasteiger partial charge on any atom is -0.300 e. The van der Waals surface area contributed by atoms with Gasteiger partial charge in [-0.3, -0.25) is 4.84 Å². The molecule has 0 unspecified atom stereocenters. The summed E-state index contributed by atoms with van der Waals surface area (Å²) in [5, 5.41) is 0. The zero-order valence-electron chi connectivity index (χ0n) is 8.48. The third kappa shape index (κ3) is 2.70. The molecule has 0 saturated heterocycles. The van der Waals surface area contributed by atoms with Crippen molar-refractivity contribution in [3.8, 4) is 0 Å². The van der Waals surface area contributed by atoms with Gasteiger partial charge < -0.3 is 0 Å². The van der Waals surface area contributed by atoms with Gasteiger partial charge in [-0.25, -0.2) is 19.1 Å². The average molecular weight is 219 g/mol. The summed E-state index contributed by atoms with van der Waals surface area (Å²) in [7, 11) is 0. The fraction of sp³-hybridized carbons (Fsp3) is 0.400. The third-order valence-electron chi connectivity index (χ3n) is 2.03. The topological polar surface area (TPSA) is 35.2 Å². The molecule has 1 rings (SSSR count). The summed E-state index contributed by atoms with van der Waals surface area (Å²) in [6.07, 6.45) is 0. The largest absolute Gasteiger partial charge is 0.300 e. The van der Waals surface area contributed by atoms with E-state index < -0.39 is 17.3 Å². The summed E-state index contributed by atoms with van der Waals surface area (Å²) in [5.74, 6) is 2.59. The Bertz CT molecular complexity index is 360. The molecule has 84 valence electrons. The van der Waals surface area contributed by atoms with E-state index in [0.717, 1.165) is 6.07 Å². The molecule has 0 spiro atoms. The van der Waals surface area contributed by atoms with Crippen LogP contribution in [0.5, 0.6) is 0 Å². The Kier molecular flexibility index (Phi) is 3.36. The van der Waals surface area contributed by atoms with Gasteiger partial charge in [0.1, 0.15) is 5.67 Å². The van der Waals surface area contributed by atoms with Gasteiger partial charge in [-0.05, 0) is 31.5 Å². The van der Waals surface area contributed by atoms with E-state index in [1.54, 1.807) is 0 Å². The molecule has 0 radical (unpaired) electrons. The van der Waals surface area contributed by atoms with Gasteiger partial charge in [-0.15, -0.1) is 0 Å². The highest BCUT2D eigenvalue weighted by molar-refractivity contribution is 5.29. The average Bonchev–Trinajstić information content (AvgIpc) is 2.11. The molecule has 0 amide bonds. The maximum absolute atomic E-state index is 13.5. The van der Waals surface area contributed by atoms with Crippen molar-refractivity contribution in [1.29, 1.82) is 0 Å². The molecule has 5 heteroatoms. The van der Waals surface area contributed by atoms with Crippen LogP contribution in [0.1, 0.15) is 25.0 Å². The summed E-state index contributed by atoms with van der Waals surface area (Å²) in [4.78, 5) is 4.20. The summed E-state index contributed by atoms with van der Waals surface area (Å²) in [6, 6.07) is 2.03. The number of hydrogen-bond acceptors (Lipinski definition) is 2. The number of halogens is 3. The second-order valence-corrected chi connectivity index (χ2v) is 3.71. The zero-order valence-corrected chi connectivity index (χ0v) is 8.48. The Hall–Kier alpha value is -1.07. The Morgan fingerprint density at radius 2 is 1.93 bits per heavy atom. The van der Waals surface area contributed by atoms with Crippen molar-refractivity contribution in [3.05, 3.63) is 34.9 Å². The molecule has 2 N–H and O–H groups in total. The van der Waals surface area contributed by atoms with Crippen LogP contribution in [0.25, 0.3) is 0 Å². The molecule has 0 saturated carbocycles. The van der Waals surface area contributed by atoms with E-state index in [1.807, 2.05) is 0 Å². The molecule has 15 heavy (non-hydrogen) atoms. The maximum atomic E-state index is 13.5. The summed E-state index contributed by atoms with van der Waals surface area (Å²) >= 11 is 0. The number of benzene rings is 1. The molecule has 0 fully saturated rings. The smallest absolute Gasteiger partial charge is 0.164 e.